The molecule has 0 aliphatic rings. The molecule has 2 aromatic carbocycles. The molecule has 0 aliphatic carbocycles. The van der Waals surface area contributed by atoms with Crippen LogP contribution < -0.4 is 15.4 Å². The average molecular weight is 328 g/mol. The van der Waals surface area contributed by atoms with Crippen LogP contribution in [0, 0.1) is 13.8 Å². The second kappa shape index (κ2) is 7.74. The molecular formula is C18H20N2O2S. The summed E-state index contributed by atoms with van der Waals surface area (Å²) in [5, 5.41) is 5.94. The highest BCUT2D eigenvalue weighted by atomic mass is 32.1. The van der Waals surface area contributed by atoms with Gasteiger partial charge in [0.15, 0.2) is 5.11 Å². The summed E-state index contributed by atoms with van der Waals surface area (Å²) < 4.78 is 5.52. The van der Waals surface area contributed by atoms with Crippen LogP contribution in [0.3, 0.4) is 0 Å². The maximum atomic E-state index is 12.3. The Bertz CT molecular complexity index is 729. The molecule has 0 atom stereocenters. The summed E-state index contributed by atoms with van der Waals surface area (Å²) in [6.07, 6.45) is 0. The number of aryl methyl sites for hydroxylation is 2. The van der Waals surface area contributed by atoms with Gasteiger partial charge in [-0.3, -0.25) is 10.1 Å². The van der Waals surface area contributed by atoms with E-state index in [9.17, 15) is 4.79 Å². The first-order valence-electron chi connectivity index (χ1n) is 7.42. The zero-order chi connectivity index (χ0) is 16.8. The first-order valence-corrected chi connectivity index (χ1v) is 7.83. The fraction of sp³-hybridized carbons (Fsp3) is 0.222. The Morgan fingerprint density at radius 1 is 1.17 bits per heavy atom. The lowest BCUT2D eigenvalue weighted by molar-refractivity contribution is 0.0977. The Hall–Kier alpha value is -2.40. The van der Waals surface area contributed by atoms with Crippen molar-refractivity contribution >= 4 is 28.9 Å². The number of nitrogens with one attached hydrogen (secondary N) is 2. The number of carbonyl (C=O) groups excluding carboxylic acids is 1. The van der Waals surface area contributed by atoms with Crippen LogP contribution in [-0.2, 0) is 0 Å². The second-order valence-corrected chi connectivity index (χ2v) is 5.56. The Kier molecular flexibility index (Phi) is 5.71. The van der Waals surface area contributed by atoms with Crippen molar-refractivity contribution in [3.63, 3.8) is 0 Å². The minimum absolute atomic E-state index is 0.228. The number of hydrogen-bond donors (Lipinski definition) is 2. The van der Waals surface area contributed by atoms with E-state index in [1.54, 1.807) is 6.07 Å². The molecule has 0 spiro atoms. The highest BCUT2D eigenvalue weighted by Gasteiger charge is 2.12. The van der Waals surface area contributed by atoms with Gasteiger partial charge in [0.05, 0.1) is 12.3 Å². The van der Waals surface area contributed by atoms with Crippen molar-refractivity contribution in [2.45, 2.75) is 20.8 Å². The number of para-hydroxylation sites is 2. The van der Waals surface area contributed by atoms with Crippen LogP contribution >= 0.6 is 12.2 Å². The summed E-state index contributed by atoms with van der Waals surface area (Å²) in [6.45, 7) is 6.37. The summed E-state index contributed by atoms with van der Waals surface area (Å²) in [5.74, 6) is 0.465. The highest BCUT2D eigenvalue weighted by Crippen LogP contribution is 2.23. The molecule has 120 valence electrons. The maximum Gasteiger partial charge on any atom is 0.257 e. The summed E-state index contributed by atoms with van der Waals surface area (Å²) in [4.78, 5) is 12.3. The van der Waals surface area contributed by atoms with E-state index in [1.807, 2.05) is 57.2 Å². The van der Waals surface area contributed by atoms with E-state index in [1.165, 1.54) is 0 Å². The van der Waals surface area contributed by atoms with Gasteiger partial charge in [0.2, 0.25) is 0 Å². The van der Waals surface area contributed by atoms with E-state index in [4.69, 9.17) is 17.0 Å². The monoisotopic (exact) mass is 328 g/mol. The molecule has 0 aromatic heterocycles. The van der Waals surface area contributed by atoms with E-state index in [2.05, 4.69) is 10.6 Å². The number of amides is 1. The Morgan fingerprint density at radius 2 is 1.91 bits per heavy atom. The zero-order valence-electron chi connectivity index (χ0n) is 13.5. The largest absolute Gasteiger partial charge is 0.492 e. The molecule has 0 radical (unpaired) electrons. The minimum atomic E-state index is -0.228. The van der Waals surface area contributed by atoms with E-state index in [-0.39, 0.29) is 11.0 Å². The molecular weight excluding hydrogens is 308 g/mol. The molecule has 0 heterocycles. The van der Waals surface area contributed by atoms with Crippen LogP contribution in [-0.4, -0.2) is 17.6 Å². The van der Waals surface area contributed by atoms with Crippen molar-refractivity contribution in [2.24, 2.45) is 0 Å². The maximum absolute atomic E-state index is 12.3. The van der Waals surface area contributed by atoms with Gasteiger partial charge in [-0.05, 0) is 56.8 Å². The van der Waals surface area contributed by atoms with Gasteiger partial charge in [0.1, 0.15) is 5.75 Å². The highest BCUT2D eigenvalue weighted by molar-refractivity contribution is 7.80. The molecule has 5 heteroatoms. The second-order valence-electron chi connectivity index (χ2n) is 5.16. The standard InChI is InChI=1S/C18H20N2O2S/c1-4-22-16-8-6-5-7-15(16)19-18(23)20-17(21)14-10-9-12(2)11-13(14)3/h5-11H,4H2,1-3H3,(H2,19,20,21,23). The number of thiocarbonyl (C=S) groups is 1. The number of anilines is 1. The topological polar surface area (TPSA) is 50.4 Å². The first kappa shape index (κ1) is 17.0. The van der Waals surface area contributed by atoms with Gasteiger partial charge in [-0.2, -0.15) is 0 Å². The molecule has 0 fully saturated rings. The van der Waals surface area contributed by atoms with Gasteiger partial charge >= 0.3 is 0 Å². The van der Waals surface area contributed by atoms with Crippen molar-refractivity contribution in [1.82, 2.24) is 5.32 Å². The van der Waals surface area contributed by atoms with Gasteiger partial charge in [-0.1, -0.05) is 29.8 Å². The average Bonchev–Trinajstić information content (AvgIpc) is 2.49. The molecule has 2 aromatic rings. The van der Waals surface area contributed by atoms with E-state index in [0.717, 1.165) is 16.8 Å². The van der Waals surface area contributed by atoms with Crippen molar-refractivity contribution in [1.29, 1.82) is 0 Å². The summed E-state index contributed by atoms with van der Waals surface area (Å²) in [7, 11) is 0. The Morgan fingerprint density at radius 3 is 2.61 bits per heavy atom. The zero-order valence-corrected chi connectivity index (χ0v) is 14.3. The Balaban J connectivity index is 2.06. The molecule has 0 saturated heterocycles. The molecule has 2 rings (SSSR count). The van der Waals surface area contributed by atoms with Crippen molar-refractivity contribution in [3.05, 3.63) is 59.2 Å². The van der Waals surface area contributed by atoms with Gasteiger partial charge in [-0.25, -0.2) is 0 Å². The molecule has 0 saturated carbocycles. The molecule has 0 unspecified atom stereocenters. The smallest absolute Gasteiger partial charge is 0.257 e. The lowest BCUT2D eigenvalue weighted by atomic mass is 10.1. The summed E-state index contributed by atoms with van der Waals surface area (Å²) >= 11 is 5.23. The van der Waals surface area contributed by atoms with Crippen LogP contribution in [0.4, 0.5) is 5.69 Å². The van der Waals surface area contributed by atoms with Crippen LogP contribution in [0.5, 0.6) is 5.75 Å². The SMILES string of the molecule is CCOc1ccccc1NC(=S)NC(=O)c1ccc(C)cc1C. The number of carbonyl (C=O) groups is 1. The van der Waals surface area contributed by atoms with Crippen molar-refractivity contribution < 1.29 is 9.53 Å². The third kappa shape index (κ3) is 4.53. The van der Waals surface area contributed by atoms with Gasteiger partial charge in [0, 0.05) is 5.56 Å². The van der Waals surface area contributed by atoms with E-state index >= 15 is 0 Å². The fourth-order valence-corrected chi connectivity index (χ4v) is 2.45. The number of hydrogen-bond acceptors (Lipinski definition) is 3. The molecule has 4 nitrogen and oxygen atoms in total. The minimum Gasteiger partial charge on any atom is -0.492 e. The van der Waals surface area contributed by atoms with Crippen molar-refractivity contribution in [3.8, 4) is 5.75 Å². The number of benzene rings is 2. The van der Waals surface area contributed by atoms with Crippen LogP contribution in [0.2, 0.25) is 0 Å². The lowest BCUT2D eigenvalue weighted by Crippen LogP contribution is -2.34. The fourth-order valence-electron chi connectivity index (χ4n) is 2.24. The lowest BCUT2D eigenvalue weighted by Gasteiger charge is -2.14. The summed E-state index contributed by atoms with van der Waals surface area (Å²) in [6, 6.07) is 13.1. The van der Waals surface area contributed by atoms with E-state index < -0.39 is 0 Å². The first-order chi connectivity index (χ1) is 11.0. The van der Waals surface area contributed by atoms with Crippen LogP contribution in [0.1, 0.15) is 28.4 Å². The molecule has 23 heavy (non-hydrogen) atoms. The number of ether oxygens (including phenoxy) is 1. The molecule has 0 bridgehead atoms. The third-order valence-corrected chi connectivity index (χ3v) is 3.49. The van der Waals surface area contributed by atoms with Gasteiger partial charge < -0.3 is 10.1 Å². The molecule has 2 N–H and O–H groups in total. The Labute approximate surface area is 141 Å². The normalized spacial score (nSPS) is 10.0. The van der Waals surface area contributed by atoms with Crippen molar-refractivity contribution in [2.75, 3.05) is 11.9 Å². The quantitative estimate of drug-likeness (QED) is 0.838. The molecule has 0 aliphatic heterocycles. The van der Waals surface area contributed by atoms with E-state index in [0.29, 0.717) is 17.9 Å². The third-order valence-electron chi connectivity index (χ3n) is 3.29. The van der Waals surface area contributed by atoms with Crippen LogP contribution in [0.15, 0.2) is 42.5 Å². The van der Waals surface area contributed by atoms with Gasteiger partial charge in [0.25, 0.3) is 5.91 Å². The summed E-state index contributed by atoms with van der Waals surface area (Å²) in [5.41, 5.74) is 3.36. The number of rotatable bonds is 4. The molecule has 1 amide bonds. The van der Waals surface area contributed by atoms with Crippen LogP contribution in [0.25, 0.3) is 0 Å². The predicted molar refractivity (Wildman–Crippen MR) is 97.2 cm³/mol. The van der Waals surface area contributed by atoms with Gasteiger partial charge in [-0.15, -0.1) is 0 Å². The predicted octanol–water partition coefficient (Wildman–Crippen LogP) is 3.83.